The highest BCUT2D eigenvalue weighted by molar-refractivity contribution is 7.75. The van der Waals surface area contributed by atoms with Crippen molar-refractivity contribution in [3.8, 4) is 11.5 Å². The number of hydrogen-bond acceptors (Lipinski definition) is 3. The second-order valence-electron chi connectivity index (χ2n) is 4.00. The van der Waals surface area contributed by atoms with Crippen LogP contribution in [0.4, 0.5) is 0 Å². The maximum Gasteiger partial charge on any atom is 0.417 e. The summed E-state index contributed by atoms with van der Waals surface area (Å²) in [5.74, 6) is 1.04. The molecule has 0 bridgehead atoms. The van der Waals surface area contributed by atoms with Gasteiger partial charge >= 0.3 is 11.4 Å². The predicted octanol–water partition coefficient (Wildman–Crippen LogP) is 3.34. The number of benzene rings is 2. The minimum absolute atomic E-state index is 0.519. The summed E-state index contributed by atoms with van der Waals surface area (Å²) in [6.07, 6.45) is 0. The Balaban J connectivity index is 1.96. The normalized spacial score (nSPS) is 10.4. The zero-order valence-corrected chi connectivity index (χ0v) is 11.1. The van der Waals surface area contributed by atoms with Gasteiger partial charge in [0.1, 0.15) is 11.5 Å². The fraction of sp³-hybridized carbons (Fsp3) is 0.143. The Labute approximate surface area is 109 Å². The van der Waals surface area contributed by atoms with Gasteiger partial charge in [-0.1, -0.05) is 35.4 Å². The van der Waals surface area contributed by atoms with Crippen LogP contribution in [-0.2, 0) is 11.4 Å². The van der Waals surface area contributed by atoms with E-state index in [1.807, 2.05) is 38.1 Å². The van der Waals surface area contributed by atoms with E-state index < -0.39 is 11.4 Å². The summed E-state index contributed by atoms with van der Waals surface area (Å²) in [5, 5.41) is 0. The zero-order chi connectivity index (χ0) is 13.0. The van der Waals surface area contributed by atoms with Gasteiger partial charge in [-0.25, -0.2) is 0 Å². The molecule has 0 aliphatic rings. The summed E-state index contributed by atoms with van der Waals surface area (Å²) >= 11 is -1.84. The second-order valence-corrected chi connectivity index (χ2v) is 4.74. The number of aryl methyl sites for hydroxylation is 2. The summed E-state index contributed by atoms with van der Waals surface area (Å²) in [4.78, 5) is 0. The first-order valence-corrected chi connectivity index (χ1v) is 6.55. The SMILES string of the molecule is Cc1ccc(OS(=O)Oc2ccc(C)cc2)cc1. The number of rotatable bonds is 4. The maximum atomic E-state index is 11.6. The van der Waals surface area contributed by atoms with E-state index in [4.69, 9.17) is 8.37 Å². The van der Waals surface area contributed by atoms with Crippen LogP contribution in [-0.4, -0.2) is 4.21 Å². The van der Waals surface area contributed by atoms with Crippen molar-refractivity contribution in [3.63, 3.8) is 0 Å². The molecule has 0 heterocycles. The van der Waals surface area contributed by atoms with Crippen LogP contribution >= 0.6 is 0 Å². The summed E-state index contributed by atoms with van der Waals surface area (Å²) in [5.41, 5.74) is 2.24. The first kappa shape index (κ1) is 12.6. The molecule has 0 fully saturated rings. The monoisotopic (exact) mass is 262 g/mol. The molecule has 0 saturated carbocycles. The minimum atomic E-state index is -1.84. The van der Waals surface area contributed by atoms with Crippen molar-refractivity contribution in [1.29, 1.82) is 0 Å². The van der Waals surface area contributed by atoms with E-state index >= 15 is 0 Å². The van der Waals surface area contributed by atoms with Crippen LogP contribution in [0.2, 0.25) is 0 Å². The molecule has 0 amide bonds. The van der Waals surface area contributed by atoms with Gasteiger partial charge in [0.25, 0.3) is 0 Å². The topological polar surface area (TPSA) is 35.5 Å². The number of hydrogen-bond donors (Lipinski definition) is 0. The molecule has 2 aromatic carbocycles. The van der Waals surface area contributed by atoms with Gasteiger partial charge in [0, 0.05) is 0 Å². The standard InChI is InChI=1S/C14H14O3S/c1-11-3-7-13(8-4-11)16-18(15)17-14-9-5-12(2)6-10-14/h3-10H,1-2H3. The average Bonchev–Trinajstić information content (AvgIpc) is 2.35. The molecule has 0 saturated heterocycles. The molecule has 3 nitrogen and oxygen atoms in total. The van der Waals surface area contributed by atoms with Crippen LogP contribution in [0.15, 0.2) is 48.5 Å². The molecule has 94 valence electrons. The molecule has 0 atom stereocenters. The highest BCUT2D eigenvalue weighted by Gasteiger charge is 2.05. The average molecular weight is 262 g/mol. The van der Waals surface area contributed by atoms with Crippen molar-refractivity contribution < 1.29 is 12.6 Å². The third-order valence-corrected chi connectivity index (χ3v) is 3.03. The molecule has 18 heavy (non-hydrogen) atoms. The summed E-state index contributed by atoms with van der Waals surface area (Å²) in [6.45, 7) is 3.95. The Hall–Kier alpha value is -1.81. The van der Waals surface area contributed by atoms with E-state index in [1.54, 1.807) is 24.3 Å². The molecule has 0 aliphatic carbocycles. The fourth-order valence-corrected chi connectivity index (χ4v) is 1.93. The molecular formula is C14H14O3S. The molecular weight excluding hydrogens is 248 g/mol. The van der Waals surface area contributed by atoms with Crippen LogP contribution in [0.3, 0.4) is 0 Å². The summed E-state index contributed by atoms with van der Waals surface area (Å²) < 4.78 is 21.9. The Morgan fingerprint density at radius 2 is 1.06 bits per heavy atom. The van der Waals surface area contributed by atoms with E-state index in [1.165, 1.54) is 0 Å². The van der Waals surface area contributed by atoms with Gasteiger partial charge in [-0.05, 0) is 38.1 Å². The van der Waals surface area contributed by atoms with Gasteiger partial charge in [0.2, 0.25) is 0 Å². The first-order valence-electron chi connectivity index (χ1n) is 5.55. The van der Waals surface area contributed by atoms with E-state index in [0.717, 1.165) is 11.1 Å². The minimum Gasteiger partial charge on any atom is -0.371 e. The predicted molar refractivity (Wildman–Crippen MR) is 71.8 cm³/mol. The molecule has 0 spiro atoms. The molecule has 0 unspecified atom stereocenters. The Morgan fingerprint density at radius 1 is 0.722 bits per heavy atom. The Kier molecular flexibility index (Phi) is 3.99. The Bertz CT molecular complexity index is 482. The van der Waals surface area contributed by atoms with Crippen LogP contribution in [0.5, 0.6) is 11.5 Å². The van der Waals surface area contributed by atoms with Crippen molar-refractivity contribution in [3.05, 3.63) is 59.7 Å². The highest BCUT2D eigenvalue weighted by Crippen LogP contribution is 2.16. The quantitative estimate of drug-likeness (QED) is 0.847. The van der Waals surface area contributed by atoms with Gasteiger partial charge < -0.3 is 8.37 Å². The highest BCUT2D eigenvalue weighted by atomic mass is 32.2. The molecule has 4 heteroatoms. The lowest BCUT2D eigenvalue weighted by molar-refractivity contribution is 0.461. The largest absolute Gasteiger partial charge is 0.417 e. The van der Waals surface area contributed by atoms with Crippen LogP contribution in [0, 0.1) is 13.8 Å². The molecule has 0 N–H and O–H groups in total. The van der Waals surface area contributed by atoms with Crippen molar-refractivity contribution in [2.45, 2.75) is 13.8 Å². The van der Waals surface area contributed by atoms with Crippen molar-refractivity contribution in [2.24, 2.45) is 0 Å². The zero-order valence-electron chi connectivity index (χ0n) is 10.3. The molecule has 0 radical (unpaired) electrons. The van der Waals surface area contributed by atoms with Crippen molar-refractivity contribution in [1.82, 2.24) is 0 Å². The summed E-state index contributed by atoms with van der Waals surface area (Å²) in [7, 11) is 0. The van der Waals surface area contributed by atoms with Gasteiger partial charge in [-0.3, -0.25) is 0 Å². The van der Waals surface area contributed by atoms with Gasteiger partial charge in [0.05, 0.1) is 0 Å². The fourth-order valence-electron chi connectivity index (χ4n) is 1.36. The van der Waals surface area contributed by atoms with E-state index in [-0.39, 0.29) is 0 Å². The smallest absolute Gasteiger partial charge is 0.371 e. The lowest BCUT2D eigenvalue weighted by Crippen LogP contribution is -2.07. The van der Waals surface area contributed by atoms with Crippen molar-refractivity contribution in [2.75, 3.05) is 0 Å². The molecule has 0 aromatic heterocycles. The Morgan fingerprint density at radius 3 is 1.39 bits per heavy atom. The van der Waals surface area contributed by atoms with E-state index in [0.29, 0.717) is 11.5 Å². The van der Waals surface area contributed by atoms with Crippen LogP contribution in [0.1, 0.15) is 11.1 Å². The lowest BCUT2D eigenvalue weighted by Gasteiger charge is -2.06. The third kappa shape index (κ3) is 3.60. The lowest BCUT2D eigenvalue weighted by atomic mass is 10.2. The van der Waals surface area contributed by atoms with Gasteiger partial charge in [-0.2, -0.15) is 4.21 Å². The first-order chi connectivity index (χ1) is 8.63. The molecule has 2 aromatic rings. The van der Waals surface area contributed by atoms with Crippen LogP contribution < -0.4 is 8.37 Å². The van der Waals surface area contributed by atoms with Gasteiger partial charge in [-0.15, -0.1) is 0 Å². The maximum absolute atomic E-state index is 11.6. The van der Waals surface area contributed by atoms with E-state index in [2.05, 4.69) is 0 Å². The summed E-state index contributed by atoms with van der Waals surface area (Å²) in [6, 6.07) is 14.6. The van der Waals surface area contributed by atoms with E-state index in [9.17, 15) is 4.21 Å². The van der Waals surface area contributed by atoms with Crippen molar-refractivity contribution >= 4 is 11.4 Å². The van der Waals surface area contributed by atoms with Crippen LogP contribution in [0.25, 0.3) is 0 Å². The second kappa shape index (κ2) is 5.69. The molecule has 2 rings (SSSR count). The third-order valence-electron chi connectivity index (χ3n) is 2.37. The molecule has 0 aliphatic heterocycles. The van der Waals surface area contributed by atoms with Gasteiger partial charge in [0.15, 0.2) is 0 Å².